The maximum atomic E-state index is 6.00. The van der Waals surface area contributed by atoms with Crippen LogP contribution < -0.4 is 5.32 Å². The van der Waals surface area contributed by atoms with Crippen LogP contribution in [0.15, 0.2) is 24.3 Å². The van der Waals surface area contributed by atoms with E-state index in [1.54, 1.807) is 0 Å². The SMILES string of the molecule is CC.Clc1ccccc1C1CNC1. The van der Waals surface area contributed by atoms with Gasteiger partial charge in [0.05, 0.1) is 0 Å². The first-order valence-electron chi connectivity index (χ1n) is 4.83. The molecule has 1 aromatic carbocycles. The van der Waals surface area contributed by atoms with Crippen LogP contribution in [-0.2, 0) is 0 Å². The molecule has 1 nitrogen and oxygen atoms in total. The molecule has 2 rings (SSSR count). The number of nitrogens with one attached hydrogen (secondary N) is 1. The Kier molecular flexibility index (Phi) is 4.26. The highest BCUT2D eigenvalue weighted by Gasteiger charge is 2.20. The molecule has 1 aliphatic heterocycles. The Morgan fingerprint density at radius 3 is 2.31 bits per heavy atom. The van der Waals surface area contributed by atoms with Gasteiger partial charge in [-0.1, -0.05) is 43.6 Å². The number of benzene rings is 1. The van der Waals surface area contributed by atoms with Crippen molar-refractivity contribution >= 4 is 11.6 Å². The van der Waals surface area contributed by atoms with Crippen molar-refractivity contribution in [2.75, 3.05) is 13.1 Å². The zero-order chi connectivity index (χ0) is 9.68. The van der Waals surface area contributed by atoms with E-state index in [0.29, 0.717) is 5.92 Å². The Labute approximate surface area is 85.1 Å². The third-order valence-corrected chi connectivity index (χ3v) is 2.47. The summed E-state index contributed by atoms with van der Waals surface area (Å²) in [4.78, 5) is 0. The third-order valence-electron chi connectivity index (χ3n) is 2.13. The summed E-state index contributed by atoms with van der Waals surface area (Å²) in [6, 6.07) is 8.07. The second kappa shape index (κ2) is 5.25. The van der Waals surface area contributed by atoms with Gasteiger partial charge in [-0.15, -0.1) is 0 Å². The molecule has 1 heterocycles. The van der Waals surface area contributed by atoms with Crippen molar-refractivity contribution in [3.8, 4) is 0 Å². The van der Waals surface area contributed by atoms with Gasteiger partial charge in [-0.25, -0.2) is 0 Å². The van der Waals surface area contributed by atoms with Gasteiger partial charge in [0.2, 0.25) is 0 Å². The number of hydrogen-bond donors (Lipinski definition) is 1. The Bertz CT molecular complexity index is 256. The maximum Gasteiger partial charge on any atom is 0.0441 e. The van der Waals surface area contributed by atoms with Crippen LogP contribution in [0, 0.1) is 0 Å². The molecular formula is C11H16ClN. The monoisotopic (exact) mass is 197 g/mol. The van der Waals surface area contributed by atoms with E-state index in [1.165, 1.54) is 5.56 Å². The maximum absolute atomic E-state index is 6.00. The van der Waals surface area contributed by atoms with Gasteiger partial charge in [-0.3, -0.25) is 0 Å². The minimum atomic E-state index is 0.642. The molecule has 0 bridgehead atoms. The van der Waals surface area contributed by atoms with Crippen LogP contribution in [0.2, 0.25) is 5.02 Å². The molecule has 72 valence electrons. The first-order chi connectivity index (χ1) is 6.38. The summed E-state index contributed by atoms with van der Waals surface area (Å²) in [5.74, 6) is 0.642. The summed E-state index contributed by atoms with van der Waals surface area (Å²) < 4.78 is 0. The number of rotatable bonds is 1. The lowest BCUT2D eigenvalue weighted by Gasteiger charge is -2.28. The zero-order valence-electron chi connectivity index (χ0n) is 8.18. The first-order valence-corrected chi connectivity index (χ1v) is 5.21. The molecule has 0 atom stereocenters. The van der Waals surface area contributed by atoms with Gasteiger partial charge in [0.15, 0.2) is 0 Å². The van der Waals surface area contributed by atoms with Crippen molar-refractivity contribution in [1.82, 2.24) is 5.32 Å². The highest BCUT2D eigenvalue weighted by molar-refractivity contribution is 6.31. The van der Waals surface area contributed by atoms with Crippen LogP contribution in [0.25, 0.3) is 0 Å². The molecule has 13 heavy (non-hydrogen) atoms. The van der Waals surface area contributed by atoms with Gasteiger partial charge in [0, 0.05) is 24.0 Å². The van der Waals surface area contributed by atoms with Crippen LogP contribution >= 0.6 is 11.6 Å². The van der Waals surface area contributed by atoms with Gasteiger partial charge < -0.3 is 5.32 Å². The van der Waals surface area contributed by atoms with Crippen LogP contribution in [0.1, 0.15) is 25.3 Å². The van der Waals surface area contributed by atoms with Crippen LogP contribution in [-0.4, -0.2) is 13.1 Å². The molecule has 2 heteroatoms. The van der Waals surface area contributed by atoms with Gasteiger partial charge in [-0.2, -0.15) is 0 Å². The minimum absolute atomic E-state index is 0.642. The summed E-state index contributed by atoms with van der Waals surface area (Å²) in [6.07, 6.45) is 0. The summed E-state index contributed by atoms with van der Waals surface area (Å²) in [5, 5.41) is 4.13. The van der Waals surface area contributed by atoms with E-state index in [9.17, 15) is 0 Å². The Morgan fingerprint density at radius 1 is 1.23 bits per heavy atom. The summed E-state index contributed by atoms with van der Waals surface area (Å²) in [5.41, 5.74) is 1.29. The number of halogens is 1. The fraction of sp³-hybridized carbons (Fsp3) is 0.455. The molecule has 1 aliphatic rings. The van der Waals surface area contributed by atoms with Gasteiger partial charge in [0.25, 0.3) is 0 Å². The highest BCUT2D eigenvalue weighted by atomic mass is 35.5. The molecule has 0 radical (unpaired) electrons. The average Bonchev–Trinajstić information content (AvgIpc) is 2.09. The summed E-state index contributed by atoms with van der Waals surface area (Å²) in [7, 11) is 0. The highest BCUT2D eigenvalue weighted by Crippen LogP contribution is 2.26. The van der Waals surface area contributed by atoms with Crippen LogP contribution in [0.3, 0.4) is 0 Å². The molecular weight excluding hydrogens is 182 g/mol. The molecule has 1 fully saturated rings. The molecule has 1 saturated heterocycles. The van der Waals surface area contributed by atoms with Crippen molar-refractivity contribution in [3.05, 3.63) is 34.9 Å². The van der Waals surface area contributed by atoms with Crippen molar-refractivity contribution in [3.63, 3.8) is 0 Å². The minimum Gasteiger partial charge on any atom is -0.315 e. The van der Waals surface area contributed by atoms with Crippen LogP contribution in [0.4, 0.5) is 0 Å². The standard InChI is InChI=1S/C9H10ClN.C2H6/c10-9-4-2-1-3-8(9)7-5-11-6-7;1-2/h1-4,7,11H,5-6H2;1-2H3. The molecule has 0 aliphatic carbocycles. The lowest BCUT2D eigenvalue weighted by Crippen LogP contribution is -2.39. The van der Waals surface area contributed by atoms with Crippen molar-refractivity contribution in [2.45, 2.75) is 19.8 Å². The normalized spacial score (nSPS) is 15.6. The molecule has 0 amide bonds. The van der Waals surface area contributed by atoms with Gasteiger partial charge in [-0.05, 0) is 11.6 Å². The predicted molar refractivity (Wildman–Crippen MR) is 58.4 cm³/mol. The fourth-order valence-corrected chi connectivity index (χ4v) is 1.60. The second-order valence-electron chi connectivity index (χ2n) is 2.88. The van der Waals surface area contributed by atoms with E-state index in [2.05, 4.69) is 11.4 Å². The Morgan fingerprint density at radius 2 is 1.85 bits per heavy atom. The van der Waals surface area contributed by atoms with Gasteiger partial charge in [0.1, 0.15) is 0 Å². The second-order valence-corrected chi connectivity index (χ2v) is 3.28. The van der Waals surface area contributed by atoms with Gasteiger partial charge >= 0.3 is 0 Å². The lowest BCUT2D eigenvalue weighted by atomic mass is 9.94. The summed E-state index contributed by atoms with van der Waals surface area (Å²) >= 11 is 6.00. The molecule has 0 saturated carbocycles. The van der Waals surface area contributed by atoms with E-state index in [-0.39, 0.29) is 0 Å². The molecule has 1 N–H and O–H groups in total. The van der Waals surface area contributed by atoms with E-state index in [4.69, 9.17) is 11.6 Å². The Balaban J connectivity index is 0.000000396. The van der Waals surface area contributed by atoms with Crippen molar-refractivity contribution in [2.24, 2.45) is 0 Å². The smallest absolute Gasteiger partial charge is 0.0441 e. The largest absolute Gasteiger partial charge is 0.315 e. The number of hydrogen-bond acceptors (Lipinski definition) is 1. The molecule has 0 unspecified atom stereocenters. The van der Waals surface area contributed by atoms with Crippen molar-refractivity contribution in [1.29, 1.82) is 0 Å². The van der Waals surface area contributed by atoms with E-state index < -0.39 is 0 Å². The zero-order valence-corrected chi connectivity index (χ0v) is 8.93. The molecule has 0 spiro atoms. The summed E-state index contributed by atoms with van der Waals surface area (Å²) in [6.45, 7) is 6.15. The quantitative estimate of drug-likeness (QED) is 0.730. The van der Waals surface area contributed by atoms with Crippen LogP contribution in [0.5, 0.6) is 0 Å². The first kappa shape index (κ1) is 10.6. The Hall–Kier alpha value is -0.530. The topological polar surface area (TPSA) is 12.0 Å². The van der Waals surface area contributed by atoms with E-state index in [1.807, 2.05) is 32.0 Å². The predicted octanol–water partition coefficient (Wildman–Crippen LogP) is 3.05. The van der Waals surface area contributed by atoms with E-state index in [0.717, 1.165) is 18.1 Å². The average molecular weight is 198 g/mol. The lowest BCUT2D eigenvalue weighted by molar-refractivity contribution is 0.448. The van der Waals surface area contributed by atoms with Crippen molar-refractivity contribution < 1.29 is 0 Å². The third kappa shape index (κ3) is 2.45. The van der Waals surface area contributed by atoms with E-state index >= 15 is 0 Å². The molecule has 1 aromatic rings. The fourth-order valence-electron chi connectivity index (χ4n) is 1.31. The molecule has 0 aromatic heterocycles.